The fraction of sp³-hybridized carbons (Fsp3) is 0.300. The van der Waals surface area contributed by atoms with E-state index in [0.29, 0.717) is 13.0 Å². The number of hydrogen-bond donors (Lipinski definition) is 2. The molecule has 25 heavy (non-hydrogen) atoms. The van der Waals surface area contributed by atoms with Gasteiger partial charge in [-0.3, -0.25) is 0 Å². The Hall–Kier alpha value is -2.66. The maximum atomic E-state index is 9.61. The molecule has 1 unspecified atom stereocenters. The van der Waals surface area contributed by atoms with Gasteiger partial charge in [-0.1, -0.05) is 0 Å². The van der Waals surface area contributed by atoms with Gasteiger partial charge in [-0.25, -0.2) is 0 Å². The van der Waals surface area contributed by atoms with Crippen molar-refractivity contribution < 1.29 is 19.7 Å². The molecule has 3 aromatic rings. The fourth-order valence-corrected chi connectivity index (χ4v) is 3.77. The highest BCUT2D eigenvalue weighted by molar-refractivity contribution is 5.99. The second-order valence-corrected chi connectivity index (χ2v) is 6.37. The summed E-state index contributed by atoms with van der Waals surface area (Å²) in [5.41, 5.74) is 4.26. The van der Waals surface area contributed by atoms with Crippen molar-refractivity contribution in [3.05, 3.63) is 42.0 Å². The Kier molecular flexibility index (Phi) is 3.81. The van der Waals surface area contributed by atoms with Crippen LogP contribution in [0.2, 0.25) is 0 Å². The molecule has 0 saturated heterocycles. The average Bonchev–Trinajstić information content (AvgIpc) is 2.91. The maximum absolute atomic E-state index is 9.61. The van der Waals surface area contributed by atoms with Crippen LogP contribution in [0.5, 0.6) is 17.2 Å². The summed E-state index contributed by atoms with van der Waals surface area (Å²) in [7, 11) is 1.67. The number of hydrogen-bond acceptors (Lipinski definition) is 4. The van der Waals surface area contributed by atoms with Gasteiger partial charge in [-0.2, -0.15) is 0 Å². The second kappa shape index (κ2) is 6.01. The molecule has 0 aliphatic carbocycles. The third kappa shape index (κ3) is 2.43. The Balaban J connectivity index is 2.01. The number of phenols is 1. The van der Waals surface area contributed by atoms with Gasteiger partial charge in [-0.05, 0) is 54.4 Å². The molecule has 5 nitrogen and oxygen atoms in total. The predicted molar refractivity (Wildman–Crippen MR) is 96.4 cm³/mol. The monoisotopic (exact) mass is 339 g/mol. The molecule has 4 rings (SSSR count). The van der Waals surface area contributed by atoms with Gasteiger partial charge >= 0.3 is 0 Å². The zero-order chi connectivity index (χ0) is 17.6. The second-order valence-electron chi connectivity index (χ2n) is 6.37. The molecule has 0 amide bonds. The first kappa shape index (κ1) is 15.8. The summed E-state index contributed by atoms with van der Waals surface area (Å²) in [5.74, 6) is 1.88. The van der Waals surface area contributed by atoms with Gasteiger partial charge < -0.3 is 24.3 Å². The van der Waals surface area contributed by atoms with Crippen LogP contribution >= 0.6 is 0 Å². The van der Waals surface area contributed by atoms with E-state index >= 15 is 0 Å². The summed E-state index contributed by atoms with van der Waals surface area (Å²) < 4.78 is 13.9. The fourth-order valence-electron chi connectivity index (χ4n) is 3.77. The first-order valence-corrected chi connectivity index (χ1v) is 8.40. The van der Waals surface area contributed by atoms with Crippen LogP contribution in [0.1, 0.15) is 12.0 Å². The van der Waals surface area contributed by atoms with E-state index in [4.69, 9.17) is 9.47 Å². The van der Waals surface area contributed by atoms with E-state index in [1.165, 1.54) is 0 Å². The molecule has 0 fully saturated rings. The molecule has 1 aliphatic heterocycles. The van der Waals surface area contributed by atoms with E-state index in [9.17, 15) is 10.2 Å². The average molecular weight is 339 g/mol. The molecule has 130 valence electrons. The minimum Gasteiger partial charge on any atom is -0.508 e. The van der Waals surface area contributed by atoms with Gasteiger partial charge in [0.15, 0.2) is 0 Å². The molecule has 2 N–H and O–H groups in total. The van der Waals surface area contributed by atoms with Crippen LogP contribution in [0.4, 0.5) is 0 Å². The van der Waals surface area contributed by atoms with Gasteiger partial charge in [0.25, 0.3) is 0 Å². The number of rotatable bonds is 4. The number of phenolic OH excluding ortho intramolecular Hbond substituents is 1. The van der Waals surface area contributed by atoms with Crippen molar-refractivity contribution in [1.82, 2.24) is 4.57 Å². The van der Waals surface area contributed by atoms with Crippen LogP contribution in [0, 0.1) is 6.92 Å². The van der Waals surface area contributed by atoms with Crippen molar-refractivity contribution in [2.24, 2.45) is 0 Å². The lowest BCUT2D eigenvalue weighted by Gasteiger charge is -2.27. The smallest absolute Gasteiger partial charge is 0.144 e. The molecule has 1 aromatic heterocycles. The summed E-state index contributed by atoms with van der Waals surface area (Å²) in [4.78, 5) is 0. The first-order chi connectivity index (χ1) is 12.1. The number of aromatic nitrogens is 1. The lowest BCUT2D eigenvalue weighted by Crippen LogP contribution is -2.28. The first-order valence-electron chi connectivity index (χ1n) is 8.40. The minimum absolute atomic E-state index is 0.0724. The van der Waals surface area contributed by atoms with E-state index in [1.807, 2.05) is 24.3 Å². The van der Waals surface area contributed by atoms with Crippen LogP contribution in [-0.2, 0) is 6.54 Å². The molecule has 2 aromatic carbocycles. The molecule has 1 atom stereocenters. The molecule has 5 heteroatoms. The molecule has 0 radical (unpaired) electrons. The summed E-state index contributed by atoms with van der Waals surface area (Å²) in [6, 6.07) is 11.1. The van der Waals surface area contributed by atoms with E-state index in [2.05, 4.69) is 11.5 Å². The van der Waals surface area contributed by atoms with Crippen LogP contribution in [-0.4, -0.2) is 34.6 Å². The van der Waals surface area contributed by atoms with Gasteiger partial charge in [0.2, 0.25) is 0 Å². The zero-order valence-corrected chi connectivity index (χ0v) is 14.3. The maximum Gasteiger partial charge on any atom is 0.144 e. The van der Waals surface area contributed by atoms with Crippen molar-refractivity contribution >= 4 is 10.9 Å². The van der Waals surface area contributed by atoms with Crippen molar-refractivity contribution in [2.75, 3.05) is 13.7 Å². The molecule has 0 bridgehead atoms. The minimum atomic E-state index is -0.0724. The van der Waals surface area contributed by atoms with E-state index in [0.717, 1.165) is 39.2 Å². The number of aromatic hydroxyl groups is 1. The zero-order valence-electron chi connectivity index (χ0n) is 14.3. The van der Waals surface area contributed by atoms with E-state index in [-0.39, 0.29) is 18.5 Å². The Bertz CT molecular complexity index is 927. The molecular weight excluding hydrogens is 318 g/mol. The number of aryl methyl sites for hydroxylation is 1. The van der Waals surface area contributed by atoms with Gasteiger partial charge in [0.05, 0.1) is 24.9 Å². The Morgan fingerprint density at radius 2 is 1.96 bits per heavy atom. The third-order valence-electron chi connectivity index (χ3n) is 4.86. The number of aliphatic hydroxyl groups is 1. The number of aliphatic hydroxyl groups excluding tert-OH is 1. The highest BCUT2D eigenvalue weighted by atomic mass is 16.5. The Labute approximate surface area is 146 Å². The van der Waals surface area contributed by atoms with Gasteiger partial charge in [0, 0.05) is 18.4 Å². The summed E-state index contributed by atoms with van der Waals surface area (Å²) in [5, 5.41) is 20.0. The molecular formula is C20H21NO4. The molecule has 1 aliphatic rings. The quantitative estimate of drug-likeness (QED) is 0.764. The highest BCUT2D eigenvalue weighted by Crippen LogP contribution is 2.45. The predicted octanol–water partition coefficient (Wildman–Crippen LogP) is 3.47. The standard InChI is InChI=1S/C20H21NO4/c1-12-18-16(24-2)7-8-17-20(18)21(11-15(25-17)9-10-22)19(12)13-3-5-14(23)6-4-13/h3-8,15,22-23H,9-11H2,1-2H3. The van der Waals surface area contributed by atoms with Crippen molar-refractivity contribution in [1.29, 1.82) is 0 Å². The molecule has 2 heterocycles. The SMILES string of the molecule is COc1ccc2c3c1c(C)c(-c1ccc(O)cc1)n3CC(CCO)O2. The van der Waals surface area contributed by atoms with Gasteiger partial charge in [0.1, 0.15) is 23.4 Å². The summed E-state index contributed by atoms with van der Waals surface area (Å²) in [6.45, 7) is 2.84. The number of ether oxygens (including phenoxy) is 2. The van der Waals surface area contributed by atoms with E-state index < -0.39 is 0 Å². The number of nitrogens with zero attached hydrogens (tertiary/aromatic N) is 1. The molecule has 0 spiro atoms. The van der Waals surface area contributed by atoms with Crippen LogP contribution < -0.4 is 9.47 Å². The van der Waals surface area contributed by atoms with E-state index in [1.54, 1.807) is 19.2 Å². The topological polar surface area (TPSA) is 63.9 Å². The summed E-state index contributed by atoms with van der Waals surface area (Å²) in [6.07, 6.45) is 0.510. The molecule has 0 saturated carbocycles. The van der Waals surface area contributed by atoms with Gasteiger partial charge in [-0.15, -0.1) is 0 Å². The van der Waals surface area contributed by atoms with Crippen LogP contribution in [0.15, 0.2) is 36.4 Å². The number of benzene rings is 2. The lowest BCUT2D eigenvalue weighted by atomic mass is 10.1. The number of methoxy groups -OCH3 is 1. The third-order valence-corrected chi connectivity index (χ3v) is 4.86. The van der Waals surface area contributed by atoms with Crippen molar-refractivity contribution in [3.8, 4) is 28.5 Å². The largest absolute Gasteiger partial charge is 0.508 e. The highest BCUT2D eigenvalue weighted by Gasteiger charge is 2.28. The lowest BCUT2D eigenvalue weighted by molar-refractivity contribution is 0.132. The van der Waals surface area contributed by atoms with Crippen LogP contribution in [0.25, 0.3) is 22.2 Å². The Morgan fingerprint density at radius 3 is 2.64 bits per heavy atom. The van der Waals surface area contributed by atoms with Crippen molar-refractivity contribution in [2.45, 2.75) is 26.0 Å². The summed E-state index contributed by atoms with van der Waals surface area (Å²) >= 11 is 0. The normalized spacial score (nSPS) is 16.0. The Morgan fingerprint density at radius 1 is 1.20 bits per heavy atom. The van der Waals surface area contributed by atoms with Crippen LogP contribution in [0.3, 0.4) is 0 Å². The van der Waals surface area contributed by atoms with Crippen molar-refractivity contribution in [3.63, 3.8) is 0 Å².